The van der Waals surface area contributed by atoms with Crippen molar-refractivity contribution in [1.29, 1.82) is 0 Å². The number of halogens is 7. The van der Waals surface area contributed by atoms with E-state index in [0.717, 1.165) is 17.0 Å². The number of rotatable bonds is 5. The molecule has 6 atom stereocenters. The van der Waals surface area contributed by atoms with Gasteiger partial charge in [-0.1, -0.05) is 64.7 Å². The number of nitrogens with one attached hydrogen (secondary N) is 1. The fourth-order valence-corrected chi connectivity index (χ4v) is 9.17. The number of carbonyl (C=O) groups excluding carboxylic acids is 4. The lowest BCUT2D eigenvalue weighted by Gasteiger charge is -2.50. The molecule has 4 aliphatic rings. The van der Waals surface area contributed by atoms with E-state index in [0.29, 0.717) is 44.1 Å². The molecule has 2 N–H and O–H groups in total. The van der Waals surface area contributed by atoms with Crippen molar-refractivity contribution in [2.45, 2.75) is 30.4 Å². The molecule has 276 valence electrons. The number of phenols is 1. The third-order valence-corrected chi connectivity index (χ3v) is 11.7. The first-order valence-electron chi connectivity index (χ1n) is 16.6. The highest BCUT2D eigenvalue weighted by Crippen LogP contribution is 2.64. The number of aromatic nitrogens is 1. The molecule has 0 unspecified atom stereocenters. The van der Waals surface area contributed by atoms with Crippen molar-refractivity contribution in [3.05, 3.63) is 128 Å². The van der Waals surface area contributed by atoms with E-state index in [2.05, 4.69) is 10.4 Å². The molecule has 2 aliphatic carbocycles. The van der Waals surface area contributed by atoms with Gasteiger partial charge < -0.3 is 5.11 Å². The van der Waals surface area contributed by atoms with Crippen LogP contribution >= 0.6 is 34.8 Å². The molecule has 54 heavy (non-hydrogen) atoms. The number of hydrogen-bond acceptors (Lipinski definition) is 7. The van der Waals surface area contributed by atoms with Gasteiger partial charge in [0, 0.05) is 22.2 Å². The number of carbonyl (C=O) groups is 4. The maximum atomic E-state index is 15.3. The zero-order valence-electron chi connectivity index (χ0n) is 27.5. The minimum atomic E-state index is -4.78. The highest BCUT2D eigenvalue weighted by molar-refractivity contribution is 6.33. The van der Waals surface area contributed by atoms with E-state index in [1.54, 1.807) is 42.5 Å². The Bertz CT molecular complexity index is 2310. The Morgan fingerprint density at radius 2 is 1.52 bits per heavy atom. The third kappa shape index (κ3) is 5.38. The predicted molar refractivity (Wildman–Crippen MR) is 189 cm³/mol. The van der Waals surface area contributed by atoms with Crippen molar-refractivity contribution in [3.8, 4) is 5.75 Å². The van der Waals surface area contributed by atoms with E-state index >= 15 is 9.18 Å². The second-order valence-corrected chi connectivity index (χ2v) is 14.9. The van der Waals surface area contributed by atoms with Gasteiger partial charge in [-0.15, -0.1) is 0 Å². The summed E-state index contributed by atoms with van der Waals surface area (Å²) >= 11 is 18.6. The van der Waals surface area contributed by atoms with E-state index in [4.69, 9.17) is 34.8 Å². The molecule has 1 saturated carbocycles. The molecular weight excluding hydrogens is 775 g/mol. The Morgan fingerprint density at radius 3 is 2.15 bits per heavy atom. The number of benzene rings is 3. The number of aromatic hydroxyl groups is 1. The number of amides is 4. The molecule has 0 radical (unpaired) electrons. The first-order chi connectivity index (χ1) is 25.6. The van der Waals surface area contributed by atoms with Crippen LogP contribution in [-0.4, -0.2) is 38.7 Å². The van der Waals surface area contributed by atoms with Crippen LogP contribution in [0.25, 0.3) is 0 Å². The van der Waals surface area contributed by atoms with Crippen LogP contribution in [0.4, 0.5) is 29.1 Å². The lowest BCUT2D eigenvalue weighted by atomic mass is 9.49. The van der Waals surface area contributed by atoms with Crippen molar-refractivity contribution in [3.63, 3.8) is 0 Å². The van der Waals surface area contributed by atoms with Crippen LogP contribution < -0.4 is 10.3 Å². The van der Waals surface area contributed by atoms with Crippen LogP contribution in [0.5, 0.6) is 5.75 Å². The summed E-state index contributed by atoms with van der Waals surface area (Å²) in [6.45, 7) is 0. The summed E-state index contributed by atoms with van der Waals surface area (Å²) in [7, 11) is 0. The molecule has 9 nitrogen and oxygen atoms in total. The zero-order chi connectivity index (χ0) is 38.4. The maximum absolute atomic E-state index is 15.3. The van der Waals surface area contributed by atoms with Crippen molar-refractivity contribution in [2.24, 2.45) is 23.7 Å². The number of imide groups is 2. The number of hydrogen-bond donors (Lipinski definition) is 2. The van der Waals surface area contributed by atoms with Gasteiger partial charge in [0.1, 0.15) is 0 Å². The fraction of sp³-hybridized carbons (Fsp3) is 0.237. The van der Waals surface area contributed by atoms with Crippen LogP contribution in [0.1, 0.15) is 35.4 Å². The molecule has 0 spiro atoms. The van der Waals surface area contributed by atoms with Crippen LogP contribution in [0, 0.1) is 29.5 Å². The van der Waals surface area contributed by atoms with E-state index < -0.39 is 92.8 Å². The van der Waals surface area contributed by atoms with Crippen LogP contribution in [0.15, 0.2) is 90.6 Å². The summed E-state index contributed by atoms with van der Waals surface area (Å²) in [5, 5.41) is 11.0. The molecule has 3 heterocycles. The summed E-state index contributed by atoms with van der Waals surface area (Å²) in [6, 6.07) is 16.5. The predicted octanol–water partition coefficient (Wildman–Crippen LogP) is 8.09. The van der Waals surface area contributed by atoms with E-state index in [1.807, 2.05) is 0 Å². The molecule has 1 aromatic heterocycles. The minimum absolute atomic E-state index is 0.0821. The quantitative estimate of drug-likeness (QED) is 0.119. The molecule has 4 amide bonds. The summed E-state index contributed by atoms with van der Waals surface area (Å²) in [5.74, 6) is -9.84. The molecule has 2 aliphatic heterocycles. The van der Waals surface area contributed by atoms with Gasteiger partial charge in [0.05, 0.1) is 39.4 Å². The largest absolute Gasteiger partial charge is 0.505 e. The average Bonchev–Trinajstić information content (AvgIpc) is 3.51. The third-order valence-electron chi connectivity index (χ3n) is 10.9. The molecule has 3 fully saturated rings. The Balaban J connectivity index is 1.31. The molecule has 16 heteroatoms. The van der Waals surface area contributed by atoms with Crippen molar-refractivity contribution < 1.29 is 41.8 Å². The van der Waals surface area contributed by atoms with Crippen LogP contribution in [-0.2, 0) is 30.8 Å². The Morgan fingerprint density at radius 1 is 0.852 bits per heavy atom. The highest BCUT2D eigenvalue weighted by Gasteiger charge is 2.70. The molecule has 8 rings (SSSR count). The number of nitrogens with zero attached hydrogens (tertiary/aromatic N) is 3. The van der Waals surface area contributed by atoms with Gasteiger partial charge in [0.2, 0.25) is 11.8 Å². The van der Waals surface area contributed by atoms with Gasteiger partial charge in [0.15, 0.2) is 17.4 Å². The van der Waals surface area contributed by atoms with E-state index in [-0.39, 0.29) is 18.4 Å². The Labute approximate surface area is 319 Å². The average molecular weight is 800 g/mol. The number of allylic oxidation sites excluding steroid dienone is 2. The van der Waals surface area contributed by atoms with Crippen molar-refractivity contribution in [1.82, 2.24) is 9.99 Å². The fourth-order valence-electron chi connectivity index (χ4n) is 8.71. The zero-order valence-corrected chi connectivity index (χ0v) is 29.7. The van der Waals surface area contributed by atoms with Gasteiger partial charge >= 0.3 is 6.18 Å². The second kappa shape index (κ2) is 12.8. The Kier molecular flexibility index (Phi) is 8.55. The lowest BCUT2D eigenvalue weighted by molar-refractivity contribution is -0.139. The minimum Gasteiger partial charge on any atom is -0.505 e. The number of pyridine rings is 1. The van der Waals surface area contributed by atoms with Gasteiger partial charge in [-0.2, -0.15) is 18.2 Å². The highest BCUT2D eigenvalue weighted by atomic mass is 35.5. The number of hydrazine groups is 1. The van der Waals surface area contributed by atoms with Crippen molar-refractivity contribution in [2.75, 3.05) is 10.3 Å². The monoisotopic (exact) mass is 798 g/mol. The second-order valence-electron chi connectivity index (χ2n) is 13.6. The molecule has 2 saturated heterocycles. The maximum Gasteiger partial charge on any atom is 0.417 e. The van der Waals surface area contributed by atoms with Crippen molar-refractivity contribution >= 4 is 69.9 Å². The summed E-state index contributed by atoms with van der Waals surface area (Å²) in [4.78, 5) is 63.0. The first kappa shape index (κ1) is 36.0. The summed E-state index contributed by atoms with van der Waals surface area (Å²) < 4.78 is 55.6. The topological polar surface area (TPSA) is 120 Å². The lowest BCUT2D eigenvalue weighted by Crippen LogP contribution is -2.53. The molecule has 3 aromatic carbocycles. The Hall–Kier alpha value is -4.98. The molecule has 4 aromatic rings. The SMILES string of the molecule is O=C1[C@@H]2C[C@@H]3C(=CC[C@@H]4C(=O)N(c5ccc(Cl)cc5)C(=O)[C@@H]43)[C@H](c3ccc(O)c(F)c3)[C@]2(c2ccc(Cl)cc2)C(=O)N1Nc1ncc(C(F)(F)F)cc1Cl. The molecular formula is C38H25Cl3F4N4O5. The van der Waals surface area contributed by atoms with Gasteiger partial charge in [-0.3, -0.25) is 29.5 Å². The number of alkyl halides is 3. The van der Waals surface area contributed by atoms with Crippen LogP contribution in [0.3, 0.4) is 0 Å². The first-order valence-corrected chi connectivity index (χ1v) is 17.7. The van der Waals surface area contributed by atoms with Gasteiger partial charge in [-0.25, -0.2) is 9.37 Å². The molecule has 0 bridgehead atoms. The number of anilines is 2. The standard InChI is InChI=1S/C38H25Cl3F4N4O5/c39-20-4-2-18(3-5-20)37-26(34(52)49(36(37)54)47-32-27(41)14-19(16-46-32)38(43,44)45)15-25-23(31(37)17-1-12-29(50)28(42)13-17)10-11-24-30(25)35(53)48(33(24)51)22-8-6-21(40)7-9-22/h1-10,12-14,16,24-26,30-31,50H,11,15H2,(H,46,47)/t24-,25+,26-,30-,31-,37+/m0/s1. The smallest absolute Gasteiger partial charge is 0.417 e. The van der Waals surface area contributed by atoms with Gasteiger partial charge in [0.25, 0.3) is 11.8 Å². The van der Waals surface area contributed by atoms with Gasteiger partial charge in [-0.05, 0) is 84.5 Å². The van der Waals surface area contributed by atoms with E-state index in [1.165, 1.54) is 18.2 Å². The normalized spacial score (nSPS) is 26.4. The summed E-state index contributed by atoms with van der Waals surface area (Å²) in [6.07, 6.45) is -2.57. The number of phenolic OH excluding ortho intramolecular Hbond substituents is 1. The van der Waals surface area contributed by atoms with E-state index in [9.17, 15) is 32.7 Å². The number of fused-ring (bicyclic) bond motifs is 4. The summed E-state index contributed by atoms with van der Waals surface area (Å²) in [5.41, 5.74) is 0.792. The van der Waals surface area contributed by atoms with Crippen LogP contribution in [0.2, 0.25) is 15.1 Å².